The van der Waals surface area contributed by atoms with E-state index >= 15 is 0 Å². The number of nitrogens with one attached hydrogen (secondary N) is 1. The number of nitrogens with zero attached hydrogens (tertiary/aromatic N) is 4. The average molecular weight is 530 g/mol. The van der Waals surface area contributed by atoms with Crippen LogP contribution in [-0.4, -0.2) is 44.7 Å². The summed E-state index contributed by atoms with van der Waals surface area (Å²) in [6, 6.07) is 28.5. The van der Waals surface area contributed by atoms with E-state index in [1.54, 1.807) is 6.33 Å². The standard InChI is InChI=1S/C33H31N5O2/c39-19-31-29-17-38(18-30(29)31)16-26-8-6-24(15-34-26)23-7-13-32-28(14-23)33(36-21-35-32)37-25-9-11-27(12-10-25)40-20-22-4-2-1-3-5-22/h1-15,21,29-31,39H,16-20H2,(H,35,36,37). The first kappa shape index (κ1) is 24.7. The van der Waals surface area contributed by atoms with E-state index in [4.69, 9.17) is 9.72 Å². The van der Waals surface area contributed by atoms with Gasteiger partial charge in [0, 0.05) is 49.1 Å². The molecule has 3 aromatic carbocycles. The van der Waals surface area contributed by atoms with Gasteiger partial charge in [-0.05, 0) is 71.3 Å². The number of benzene rings is 3. The van der Waals surface area contributed by atoms with E-state index in [1.165, 1.54) is 0 Å². The number of likely N-dealkylation sites (tertiary alicyclic amines) is 1. The van der Waals surface area contributed by atoms with Crippen LogP contribution in [0.25, 0.3) is 22.0 Å². The van der Waals surface area contributed by atoms with Gasteiger partial charge in [0.15, 0.2) is 0 Å². The first-order valence-corrected chi connectivity index (χ1v) is 13.8. The minimum absolute atomic E-state index is 0.334. The predicted molar refractivity (Wildman–Crippen MR) is 156 cm³/mol. The Morgan fingerprint density at radius 2 is 1.65 bits per heavy atom. The Kier molecular flexibility index (Phi) is 6.59. The van der Waals surface area contributed by atoms with Crippen LogP contribution in [0.3, 0.4) is 0 Å². The molecule has 0 amide bonds. The second-order valence-electron chi connectivity index (χ2n) is 10.8. The Balaban J connectivity index is 1.03. The highest BCUT2D eigenvalue weighted by molar-refractivity contribution is 5.93. The van der Waals surface area contributed by atoms with Crippen LogP contribution in [0.2, 0.25) is 0 Å². The molecule has 0 radical (unpaired) electrons. The van der Waals surface area contributed by atoms with E-state index in [0.29, 0.717) is 31.0 Å². The number of hydrogen-bond acceptors (Lipinski definition) is 7. The summed E-state index contributed by atoms with van der Waals surface area (Å²) >= 11 is 0. The van der Waals surface area contributed by atoms with E-state index in [2.05, 4.69) is 56.6 Å². The van der Waals surface area contributed by atoms with Crippen molar-refractivity contribution in [3.05, 3.63) is 109 Å². The van der Waals surface area contributed by atoms with Gasteiger partial charge in [0.25, 0.3) is 0 Å². The summed E-state index contributed by atoms with van der Waals surface area (Å²) in [5, 5.41) is 13.8. The number of fused-ring (bicyclic) bond motifs is 2. The summed E-state index contributed by atoms with van der Waals surface area (Å²) in [7, 11) is 0. The van der Waals surface area contributed by atoms with Crippen LogP contribution in [0, 0.1) is 17.8 Å². The topological polar surface area (TPSA) is 83.4 Å². The van der Waals surface area contributed by atoms with Crippen LogP contribution in [0.1, 0.15) is 11.3 Å². The summed E-state index contributed by atoms with van der Waals surface area (Å²) in [6.45, 7) is 3.88. The summed E-state index contributed by atoms with van der Waals surface area (Å²) in [5.41, 5.74) is 6.15. The number of piperidine rings is 1. The number of aliphatic hydroxyl groups is 1. The monoisotopic (exact) mass is 529 g/mol. The quantitative estimate of drug-likeness (QED) is 0.254. The van der Waals surface area contributed by atoms with Crippen molar-refractivity contribution in [1.82, 2.24) is 19.9 Å². The fourth-order valence-electron chi connectivity index (χ4n) is 5.90. The summed E-state index contributed by atoms with van der Waals surface area (Å²) in [5.74, 6) is 3.45. The van der Waals surface area contributed by atoms with E-state index in [-0.39, 0.29) is 0 Å². The molecule has 1 saturated heterocycles. The minimum atomic E-state index is 0.334. The van der Waals surface area contributed by atoms with Crippen molar-refractivity contribution in [1.29, 1.82) is 0 Å². The maximum absolute atomic E-state index is 9.40. The van der Waals surface area contributed by atoms with Gasteiger partial charge >= 0.3 is 0 Å². The third-order valence-corrected chi connectivity index (χ3v) is 8.20. The average Bonchev–Trinajstić information content (AvgIpc) is 3.49. The number of ether oxygens (including phenoxy) is 1. The van der Waals surface area contributed by atoms with Crippen LogP contribution < -0.4 is 10.1 Å². The number of aliphatic hydroxyl groups excluding tert-OH is 1. The van der Waals surface area contributed by atoms with Gasteiger partial charge < -0.3 is 15.2 Å². The molecule has 1 aliphatic heterocycles. The molecule has 7 heteroatoms. The van der Waals surface area contributed by atoms with Crippen LogP contribution in [0.4, 0.5) is 11.5 Å². The van der Waals surface area contributed by atoms with Crippen LogP contribution in [-0.2, 0) is 13.2 Å². The number of rotatable bonds is 9. The summed E-state index contributed by atoms with van der Waals surface area (Å²) in [4.78, 5) is 16.2. The lowest BCUT2D eigenvalue weighted by Gasteiger charge is -2.18. The van der Waals surface area contributed by atoms with Crippen LogP contribution in [0.15, 0.2) is 97.5 Å². The first-order chi connectivity index (χ1) is 19.7. The molecule has 0 spiro atoms. The van der Waals surface area contributed by atoms with Gasteiger partial charge in [-0.25, -0.2) is 9.97 Å². The van der Waals surface area contributed by atoms with Gasteiger partial charge in [0.2, 0.25) is 0 Å². The van der Waals surface area contributed by atoms with Crippen LogP contribution in [0.5, 0.6) is 5.75 Å². The lowest BCUT2D eigenvalue weighted by atomic mass is 10.0. The minimum Gasteiger partial charge on any atom is -0.489 e. The lowest BCUT2D eigenvalue weighted by molar-refractivity contribution is 0.216. The highest BCUT2D eigenvalue weighted by Gasteiger charge is 2.54. The molecule has 2 atom stereocenters. The third-order valence-electron chi connectivity index (χ3n) is 8.20. The van der Waals surface area contributed by atoms with Gasteiger partial charge in [-0.3, -0.25) is 9.88 Å². The Hall–Kier alpha value is -4.33. The molecular formula is C33H31N5O2. The van der Waals surface area contributed by atoms with Crippen molar-refractivity contribution < 1.29 is 9.84 Å². The van der Waals surface area contributed by atoms with E-state index in [0.717, 1.165) is 70.2 Å². The zero-order chi connectivity index (χ0) is 26.9. The van der Waals surface area contributed by atoms with Crippen molar-refractivity contribution in [2.24, 2.45) is 17.8 Å². The van der Waals surface area contributed by atoms with Crippen LogP contribution >= 0.6 is 0 Å². The van der Waals surface area contributed by atoms with Crippen molar-refractivity contribution >= 4 is 22.4 Å². The maximum Gasteiger partial charge on any atom is 0.141 e. The molecule has 7 rings (SSSR count). The molecule has 7 nitrogen and oxygen atoms in total. The largest absolute Gasteiger partial charge is 0.489 e. The van der Waals surface area contributed by atoms with Gasteiger partial charge in [-0.15, -0.1) is 0 Å². The maximum atomic E-state index is 9.40. The van der Waals surface area contributed by atoms with Gasteiger partial charge in [-0.2, -0.15) is 0 Å². The Morgan fingerprint density at radius 1 is 0.850 bits per heavy atom. The highest BCUT2D eigenvalue weighted by Crippen LogP contribution is 2.51. The Morgan fingerprint density at radius 3 is 2.40 bits per heavy atom. The first-order valence-electron chi connectivity index (χ1n) is 13.8. The van der Waals surface area contributed by atoms with Crippen molar-refractivity contribution in [2.45, 2.75) is 13.2 Å². The molecule has 1 saturated carbocycles. The smallest absolute Gasteiger partial charge is 0.141 e. The molecule has 1 aliphatic carbocycles. The number of aromatic nitrogens is 3. The Labute approximate surface area is 233 Å². The fraction of sp³-hybridized carbons (Fsp3) is 0.242. The normalized spacial score (nSPS) is 19.9. The molecule has 2 aliphatic rings. The molecule has 2 N–H and O–H groups in total. The second kappa shape index (κ2) is 10.7. The second-order valence-corrected chi connectivity index (χ2v) is 10.8. The number of hydrogen-bond donors (Lipinski definition) is 2. The Bertz CT molecular complexity index is 1600. The molecule has 2 unspecified atom stereocenters. The highest BCUT2D eigenvalue weighted by atomic mass is 16.5. The summed E-state index contributed by atoms with van der Waals surface area (Å²) < 4.78 is 5.92. The van der Waals surface area contributed by atoms with Crippen molar-refractivity contribution in [2.75, 3.05) is 25.0 Å². The molecule has 3 heterocycles. The summed E-state index contributed by atoms with van der Waals surface area (Å²) in [6.07, 6.45) is 3.54. The molecule has 0 bridgehead atoms. The fourth-order valence-corrected chi connectivity index (χ4v) is 5.90. The molecule has 40 heavy (non-hydrogen) atoms. The lowest BCUT2D eigenvalue weighted by Crippen LogP contribution is -2.25. The van der Waals surface area contributed by atoms with E-state index in [1.807, 2.05) is 54.7 Å². The van der Waals surface area contributed by atoms with E-state index in [9.17, 15) is 5.11 Å². The van der Waals surface area contributed by atoms with Crippen molar-refractivity contribution in [3.8, 4) is 16.9 Å². The van der Waals surface area contributed by atoms with E-state index < -0.39 is 0 Å². The SMILES string of the molecule is OCC1C2CN(Cc3ccc(-c4ccc5ncnc(Nc6ccc(OCc7ccccc7)cc6)c5c4)cn3)CC12. The molecular weight excluding hydrogens is 498 g/mol. The van der Waals surface area contributed by atoms with Crippen molar-refractivity contribution in [3.63, 3.8) is 0 Å². The zero-order valence-corrected chi connectivity index (χ0v) is 22.1. The van der Waals surface area contributed by atoms with Gasteiger partial charge in [0.05, 0.1) is 11.2 Å². The third kappa shape index (κ3) is 5.13. The predicted octanol–water partition coefficient (Wildman–Crippen LogP) is 5.68. The molecule has 200 valence electrons. The molecule has 5 aromatic rings. The number of pyridine rings is 1. The molecule has 2 aromatic heterocycles. The number of anilines is 2. The van der Waals surface area contributed by atoms with Gasteiger partial charge in [-0.1, -0.05) is 42.5 Å². The zero-order valence-electron chi connectivity index (χ0n) is 22.1. The molecule has 2 fully saturated rings. The van der Waals surface area contributed by atoms with Gasteiger partial charge in [0.1, 0.15) is 24.5 Å².